The molecule has 0 aliphatic heterocycles. The maximum absolute atomic E-state index is 9.22. The second-order valence-electron chi connectivity index (χ2n) is 6.80. The molecule has 0 atom stereocenters. The van der Waals surface area contributed by atoms with Gasteiger partial charge in [-0.25, -0.2) is 13.0 Å². The Bertz CT molecular complexity index is 1110. The molecule has 0 saturated carbocycles. The van der Waals surface area contributed by atoms with Crippen LogP contribution < -0.4 is 14.8 Å². The predicted octanol–water partition coefficient (Wildman–Crippen LogP) is 4.54. The molecule has 1 aromatic heterocycles. The summed E-state index contributed by atoms with van der Waals surface area (Å²) < 4.78 is 33.0. The molecule has 0 aliphatic carbocycles. The molecule has 3 aromatic rings. The van der Waals surface area contributed by atoms with Crippen molar-refractivity contribution in [1.82, 2.24) is 0 Å². The van der Waals surface area contributed by atoms with Gasteiger partial charge in [-0.3, -0.25) is 4.18 Å². The van der Waals surface area contributed by atoms with E-state index in [0.29, 0.717) is 0 Å². The minimum absolute atomic E-state index is 0.806. The van der Waals surface area contributed by atoms with E-state index >= 15 is 0 Å². The van der Waals surface area contributed by atoms with Crippen molar-refractivity contribution in [3.63, 3.8) is 0 Å². The number of nitrogens with zero attached hydrogens (tertiary/aromatic N) is 4. The van der Waals surface area contributed by atoms with E-state index in [9.17, 15) is 13.0 Å². The van der Waals surface area contributed by atoms with E-state index in [1.165, 1.54) is 10.6 Å². The first kappa shape index (κ1) is 26.4. The Kier molecular flexibility index (Phi) is 10.4. The zero-order valence-corrected chi connectivity index (χ0v) is 20.8. The average molecular weight is 492 g/mol. The van der Waals surface area contributed by atoms with E-state index in [0.717, 1.165) is 43.3 Å². The second kappa shape index (κ2) is 13.0. The van der Waals surface area contributed by atoms with Crippen LogP contribution in [0.25, 0.3) is 0 Å². The van der Waals surface area contributed by atoms with Crippen molar-refractivity contribution < 1.29 is 21.7 Å². The number of aryl methyl sites for hydroxylation is 1. The molecule has 3 rings (SSSR count). The Labute approximate surface area is 199 Å². The molecular formula is C22H29N5O4S2. The molecule has 11 heteroatoms. The Morgan fingerprint density at radius 3 is 2.21 bits per heavy atom. The highest BCUT2D eigenvalue weighted by Crippen LogP contribution is 2.28. The summed E-state index contributed by atoms with van der Waals surface area (Å²) in [4.78, 5) is 2.32. The van der Waals surface area contributed by atoms with Gasteiger partial charge in [0.2, 0.25) is 10.4 Å². The van der Waals surface area contributed by atoms with Crippen molar-refractivity contribution >= 4 is 43.2 Å². The summed E-state index contributed by atoms with van der Waals surface area (Å²) in [5.41, 5.74) is 3.18. The van der Waals surface area contributed by atoms with Crippen LogP contribution in [0.1, 0.15) is 19.4 Å². The van der Waals surface area contributed by atoms with Crippen LogP contribution >= 0.6 is 11.3 Å². The molecule has 0 bridgehead atoms. The average Bonchev–Trinajstić information content (AvgIpc) is 3.18. The molecule has 1 N–H and O–H groups in total. The van der Waals surface area contributed by atoms with Crippen molar-refractivity contribution in [2.45, 2.75) is 20.4 Å². The fourth-order valence-corrected chi connectivity index (χ4v) is 3.80. The van der Waals surface area contributed by atoms with Gasteiger partial charge in [0, 0.05) is 25.3 Å². The molecule has 0 spiro atoms. The Hall–Kier alpha value is -2.86. The number of rotatable bonds is 9. The predicted molar refractivity (Wildman–Crippen MR) is 130 cm³/mol. The number of azo groups is 1. The number of aromatic nitrogens is 1. The van der Waals surface area contributed by atoms with E-state index in [2.05, 4.69) is 68.9 Å². The number of benzene rings is 2. The summed E-state index contributed by atoms with van der Waals surface area (Å²) in [6.45, 7) is 7.12. The van der Waals surface area contributed by atoms with E-state index in [1.807, 2.05) is 41.9 Å². The van der Waals surface area contributed by atoms with Crippen molar-refractivity contribution in [2.24, 2.45) is 17.3 Å². The van der Waals surface area contributed by atoms with Gasteiger partial charge in [-0.2, -0.15) is 0 Å². The molecule has 178 valence electrons. The summed E-state index contributed by atoms with van der Waals surface area (Å²) in [5, 5.41) is 14.4. The summed E-state index contributed by atoms with van der Waals surface area (Å²) in [6, 6.07) is 18.4. The van der Waals surface area contributed by atoms with Crippen LogP contribution in [0.2, 0.25) is 0 Å². The third kappa shape index (κ3) is 9.26. The first-order valence-electron chi connectivity index (χ1n) is 10.3. The van der Waals surface area contributed by atoms with Crippen LogP contribution in [0.4, 0.5) is 21.5 Å². The van der Waals surface area contributed by atoms with Gasteiger partial charge in [0.1, 0.15) is 16.9 Å². The molecule has 0 saturated heterocycles. The van der Waals surface area contributed by atoms with Crippen molar-refractivity contribution in [2.75, 3.05) is 30.4 Å². The monoisotopic (exact) mass is 491 g/mol. The molecular weight excluding hydrogens is 462 g/mol. The summed E-state index contributed by atoms with van der Waals surface area (Å²) >= 11 is 1.66. The van der Waals surface area contributed by atoms with Gasteiger partial charge in [0.15, 0.2) is 0 Å². The molecule has 0 radical (unpaired) electrons. The standard InChI is InChI=1S/C21H25N5S.CH4O4S/c1-4-26(5-2)20-16-25(3)21(27-20)24-23-19-13-11-18(12-14-19)22-15-17-9-7-6-8-10-17;1-5-6(2,3)4/h6-14,16H,4-5,15H2,1-3H3;1H3,(H,2,3,4). The molecule has 2 aromatic carbocycles. The maximum atomic E-state index is 9.22. The molecule has 9 nitrogen and oxygen atoms in total. The Morgan fingerprint density at radius 1 is 1.06 bits per heavy atom. The van der Waals surface area contributed by atoms with Gasteiger partial charge in [-0.1, -0.05) is 30.3 Å². The normalized spacial score (nSPS) is 11.2. The van der Waals surface area contributed by atoms with E-state index in [1.54, 1.807) is 11.3 Å². The zero-order valence-electron chi connectivity index (χ0n) is 19.1. The third-order valence-corrected chi connectivity index (χ3v) is 6.07. The second-order valence-corrected chi connectivity index (χ2v) is 8.93. The first-order valence-corrected chi connectivity index (χ1v) is 12.5. The van der Waals surface area contributed by atoms with Gasteiger partial charge >= 0.3 is 5.13 Å². The topological polar surface area (TPSA) is 110 Å². The van der Waals surface area contributed by atoms with Crippen LogP contribution in [0, 0.1) is 0 Å². The van der Waals surface area contributed by atoms with Gasteiger partial charge in [0.05, 0.1) is 19.3 Å². The van der Waals surface area contributed by atoms with E-state index in [4.69, 9.17) is 0 Å². The number of hydrogen-bond donors (Lipinski definition) is 1. The smallest absolute Gasteiger partial charge is 0.410 e. The number of thiazole rings is 1. The van der Waals surface area contributed by atoms with Gasteiger partial charge in [0.25, 0.3) is 0 Å². The highest BCUT2D eigenvalue weighted by molar-refractivity contribution is 7.80. The molecule has 1 heterocycles. The molecule has 33 heavy (non-hydrogen) atoms. The summed E-state index contributed by atoms with van der Waals surface area (Å²) in [7, 11) is -1.60. The van der Waals surface area contributed by atoms with Gasteiger partial charge in [-0.05, 0) is 60.1 Å². The minimum atomic E-state index is -4.41. The lowest BCUT2D eigenvalue weighted by molar-refractivity contribution is -0.653. The Balaban J connectivity index is 0.000000569. The van der Waals surface area contributed by atoms with E-state index in [-0.39, 0.29) is 0 Å². The van der Waals surface area contributed by atoms with Crippen LogP contribution in [0.5, 0.6) is 0 Å². The number of hydrogen-bond acceptors (Lipinski definition) is 9. The summed E-state index contributed by atoms with van der Waals surface area (Å²) in [6.07, 6.45) is 2.11. The van der Waals surface area contributed by atoms with Crippen molar-refractivity contribution in [1.29, 1.82) is 0 Å². The Morgan fingerprint density at radius 2 is 1.67 bits per heavy atom. The van der Waals surface area contributed by atoms with Crippen molar-refractivity contribution in [3.8, 4) is 0 Å². The molecule has 0 aliphatic rings. The zero-order chi connectivity index (χ0) is 24.3. The lowest BCUT2D eigenvalue weighted by atomic mass is 10.2. The lowest BCUT2D eigenvalue weighted by Crippen LogP contribution is -2.26. The van der Waals surface area contributed by atoms with Gasteiger partial charge < -0.3 is 14.8 Å². The lowest BCUT2D eigenvalue weighted by Gasteiger charge is -2.16. The largest absolute Gasteiger partial charge is 0.726 e. The molecule has 0 amide bonds. The minimum Gasteiger partial charge on any atom is -0.726 e. The fraction of sp³-hybridized carbons (Fsp3) is 0.318. The van der Waals surface area contributed by atoms with Crippen LogP contribution in [0.3, 0.4) is 0 Å². The quantitative estimate of drug-likeness (QED) is 0.204. The van der Waals surface area contributed by atoms with Crippen LogP contribution in [-0.4, -0.2) is 33.2 Å². The van der Waals surface area contributed by atoms with Gasteiger partial charge in [-0.15, -0.1) is 0 Å². The molecule has 0 fully saturated rings. The van der Waals surface area contributed by atoms with Crippen LogP contribution in [0.15, 0.2) is 71.0 Å². The third-order valence-electron chi connectivity index (χ3n) is 4.54. The van der Waals surface area contributed by atoms with E-state index < -0.39 is 10.4 Å². The number of anilines is 2. The van der Waals surface area contributed by atoms with Crippen molar-refractivity contribution in [3.05, 3.63) is 66.4 Å². The number of nitrogens with one attached hydrogen (secondary N) is 1. The highest BCUT2D eigenvalue weighted by Gasteiger charge is 2.16. The maximum Gasteiger partial charge on any atom is 0.410 e. The SMILES string of the molecule is CCN(CC)c1c[n+](C)c(N=Nc2ccc(NCc3ccccc3)cc2)s1.COS(=O)(=O)[O-]. The highest BCUT2D eigenvalue weighted by atomic mass is 32.3. The molecule has 0 unspecified atom stereocenters. The first-order chi connectivity index (χ1) is 15.8. The fourth-order valence-electron chi connectivity index (χ4n) is 2.73. The van der Waals surface area contributed by atoms with Crippen LogP contribution in [-0.2, 0) is 28.2 Å². The summed E-state index contributed by atoms with van der Waals surface area (Å²) in [5.74, 6) is 0.